The Morgan fingerprint density at radius 1 is 1.25 bits per heavy atom. The average Bonchev–Trinajstić information content (AvgIpc) is 2.89. The number of ether oxygens (including phenoxy) is 1. The maximum atomic E-state index is 12.3. The number of benzene rings is 1. The summed E-state index contributed by atoms with van der Waals surface area (Å²) in [4.78, 5) is 12.3. The van der Waals surface area contributed by atoms with Gasteiger partial charge in [-0.25, -0.2) is 0 Å². The van der Waals surface area contributed by atoms with Crippen LogP contribution >= 0.6 is 0 Å². The third-order valence-corrected chi connectivity index (χ3v) is 4.08. The number of carbonyl (C=O) groups excluding carboxylic acids is 1. The van der Waals surface area contributed by atoms with Gasteiger partial charge in [-0.3, -0.25) is 4.79 Å². The predicted molar refractivity (Wildman–Crippen MR) is 77.7 cm³/mol. The highest BCUT2D eigenvalue weighted by Crippen LogP contribution is 2.24. The molecule has 0 amide bonds. The molecule has 0 unspecified atom stereocenters. The Balaban J connectivity index is 1.73. The summed E-state index contributed by atoms with van der Waals surface area (Å²) in [6.07, 6.45) is 6.57. The summed E-state index contributed by atoms with van der Waals surface area (Å²) in [5.74, 6) is 1.56. The van der Waals surface area contributed by atoms with Gasteiger partial charge >= 0.3 is 0 Å². The molecule has 2 atom stereocenters. The van der Waals surface area contributed by atoms with E-state index < -0.39 is 0 Å². The van der Waals surface area contributed by atoms with Gasteiger partial charge in [-0.2, -0.15) is 0 Å². The van der Waals surface area contributed by atoms with E-state index in [-0.39, 0.29) is 5.78 Å². The molecule has 4 nitrogen and oxygen atoms in total. The Hall–Kier alpha value is -1.97. The zero-order chi connectivity index (χ0) is 13.9. The van der Waals surface area contributed by atoms with E-state index in [1.807, 2.05) is 18.2 Å². The van der Waals surface area contributed by atoms with E-state index in [4.69, 9.17) is 4.74 Å². The fraction of sp³-hybridized carbons (Fsp3) is 0.438. The molecule has 2 fully saturated rings. The molecule has 20 heavy (non-hydrogen) atoms. The van der Waals surface area contributed by atoms with E-state index in [1.54, 1.807) is 19.3 Å². The smallest absolute Gasteiger partial charge is 0.189 e. The van der Waals surface area contributed by atoms with Crippen LogP contribution in [-0.4, -0.2) is 25.0 Å². The minimum absolute atomic E-state index is 0.00227. The molecule has 0 bridgehead atoms. The van der Waals surface area contributed by atoms with Crippen LogP contribution in [0.3, 0.4) is 0 Å². The van der Waals surface area contributed by atoms with Gasteiger partial charge in [0.2, 0.25) is 0 Å². The Labute approximate surface area is 119 Å². The van der Waals surface area contributed by atoms with Crippen LogP contribution in [-0.2, 0) is 0 Å². The van der Waals surface area contributed by atoms with E-state index in [2.05, 4.69) is 10.6 Å². The lowest BCUT2D eigenvalue weighted by atomic mass is 9.92. The van der Waals surface area contributed by atoms with Crippen molar-refractivity contribution in [1.29, 1.82) is 0 Å². The number of hydrogen-bond donors (Lipinski definition) is 2. The second-order valence-electron chi connectivity index (χ2n) is 5.44. The van der Waals surface area contributed by atoms with Gasteiger partial charge in [0.15, 0.2) is 5.78 Å². The summed E-state index contributed by atoms with van der Waals surface area (Å²) < 4.78 is 5.15. The summed E-state index contributed by atoms with van der Waals surface area (Å²) in [5, 5.41) is 6.84. The van der Waals surface area contributed by atoms with E-state index in [0.29, 0.717) is 23.4 Å². The molecule has 1 saturated heterocycles. The van der Waals surface area contributed by atoms with Crippen molar-refractivity contribution >= 4 is 5.78 Å². The van der Waals surface area contributed by atoms with Crippen molar-refractivity contribution in [2.24, 2.45) is 0 Å². The van der Waals surface area contributed by atoms with E-state index in [0.717, 1.165) is 5.82 Å². The van der Waals surface area contributed by atoms with Gasteiger partial charge < -0.3 is 15.4 Å². The van der Waals surface area contributed by atoms with Crippen LogP contribution in [0.15, 0.2) is 36.2 Å². The minimum Gasteiger partial charge on any atom is -0.497 e. The highest BCUT2D eigenvalue weighted by atomic mass is 16.5. The second kappa shape index (κ2) is 5.57. The third kappa shape index (κ3) is 2.64. The quantitative estimate of drug-likeness (QED) is 0.654. The molecule has 0 aromatic heterocycles. The van der Waals surface area contributed by atoms with Crippen molar-refractivity contribution in [3.05, 3.63) is 41.7 Å². The number of methoxy groups -OCH3 is 1. The molecule has 1 aliphatic carbocycles. The Morgan fingerprint density at radius 3 is 2.60 bits per heavy atom. The lowest BCUT2D eigenvalue weighted by Crippen LogP contribution is -2.36. The van der Waals surface area contributed by atoms with Gasteiger partial charge in [0.05, 0.1) is 7.11 Å². The van der Waals surface area contributed by atoms with Gasteiger partial charge in [-0.05, 0) is 25.0 Å². The van der Waals surface area contributed by atoms with E-state index >= 15 is 0 Å². The molecule has 0 spiro atoms. The summed E-state index contributed by atoms with van der Waals surface area (Å²) >= 11 is 0. The monoisotopic (exact) mass is 272 g/mol. The van der Waals surface area contributed by atoms with E-state index in [9.17, 15) is 4.79 Å². The van der Waals surface area contributed by atoms with Gasteiger partial charge in [0.25, 0.3) is 0 Å². The maximum Gasteiger partial charge on any atom is 0.189 e. The Kier molecular flexibility index (Phi) is 3.63. The fourth-order valence-electron chi connectivity index (χ4n) is 2.99. The molecule has 4 heteroatoms. The minimum atomic E-state index is -0.00227. The predicted octanol–water partition coefficient (Wildman–Crippen LogP) is 2.22. The highest BCUT2D eigenvalue weighted by molar-refractivity contribution is 6.05. The number of fused-ring (bicyclic) bond motifs is 1. The lowest BCUT2D eigenvalue weighted by Gasteiger charge is -2.23. The van der Waals surface area contributed by atoms with Gasteiger partial charge in [-0.1, -0.05) is 25.0 Å². The van der Waals surface area contributed by atoms with Crippen LogP contribution < -0.4 is 15.4 Å². The topological polar surface area (TPSA) is 50.4 Å². The zero-order valence-electron chi connectivity index (χ0n) is 11.7. The molecular weight excluding hydrogens is 252 g/mol. The van der Waals surface area contributed by atoms with Crippen LogP contribution in [0.25, 0.3) is 0 Å². The fourth-order valence-corrected chi connectivity index (χ4v) is 2.99. The first-order valence-electron chi connectivity index (χ1n) is 7.19. The SMILES string of the molecule is COc1cccc(C(=O)C=C2N[C@H]3CCCC[C@H]3N2)c1. The second-order valence-corrected chi connectivity index (χ2v) is 5.44. The normalized spacial score (nSPS) is 26.6. The first-order chi connectivity index (χ1) is 9.76. The molecule has 1 aromatic carbocycles. The van der Waals surface area contributed by atoms with Crippen molar-refractivity contribution in [2.75, 3.05) is 7.11 Å². The molecule has 106 valence electrons. The molecule has 3 rings (SSSR count). The van der Waals surface area contributed by atoms with Crippen molar-refractivity contribution in [3.8, 4) is 5.75 Å². The third-order valence-electron chi connectivity index (χ3n) is 4.08. The molecule has 1 aliphatic heterocycles. The average molecular weight is 272 g/mol. The number of ketones is 1. The first kappa shape index (κ1) is 13.0. The number of hydrogen-bond acceptors (Lipinski definition) is 4. The number of rotatable bonds is 3. The Morgan fingerprint density at radius 2 is 1.95 bits per heavy atom. The molecule has 0 radical (unpaired) electrons. The van der Waals surface area contributed by atoms with Crippen LogP contribution in [0, 0.1) is 0 Å². The van der Waals surface area contributed by atoms with Gasteiger partial charge in [-0.15, -0.1) is 0 Å². The van der Waals surface area contributed by atoms with Crippen LogP contribution in [0.1, 0.15) is 36.0 Å². The molecule has 2 N–H and O–H groups in total. The van der Waals surface area contributed by atoms with Crippen LogP contribution in [0.5, 0.6) is 5.75 Å². The van der Waals surface area contributed by atoms with E-state index in [1.165, 1.54) is 25.7 Å². The van der Waals surface area contributed by atoms with Crippen molar-refractivity contribution in [3.63, 3.8) is 0 Å². The van der Waals surface area contributed by atoms with Crippen LogP contribution in [0.2, 0.25) is 0 Å². The van der Waals surface area contributed by atoms with Crippen molar-refractivity contribution in [2.45, 2.75) is 37.8 Å². The number of nitrogens with one attached hydrogen (secondary N) is 2. The molecule has 1 heterocycles. The molecular formula is C16H20N2O2. The molecule has 2 aliphatic rings. The molecule has 1 aromatic rings. The lowest BCUT2D eigenvalue weighted by molar-refractivity contribution is 0.104. The Bertz CT molecular complexity index is 523. The summed E-state index contributed by atoms with van der Waals surface area (Å²) in [6.45, 7) is 0. The largest absolute Gasteiger partial charge is 0.497 e. The first-order valence-corrected chi connectivity index (χ1v) is 7.19. The van der Waals surface area contributed by atoms with Gasteiger partial charge in [0, 0.05) is 23.7 Å². The van der Waals surface area contributed by atoms with Gasteiger partial charge in [0.1, 0.15) is 11.6 Å². The standard InChI is InChI=1S/C16H20N2O2/c1-20-12-6-4-5-11(9-12)15(19)10-16-17-13-7-2-3-8-14(13)18-16/h4-6,9-10,13-14,17-18H,2-3,7-8H2,1H3/t13-,14+. The van der Waals surface area contributed by atoms with Crippen LogP contribution in [0.4, 0.5) is 0 Å². The summed E-state index contributed by atoms with van der Waals surface area (Å²) in [6, 6.07) is 8.21. The number of allylic oxidation sites excluding steroid dienone is 1. The highest BCUT2D eigenvalue weighted by Gasteiger charge is 2.31. The maximum absolute atomic E-state index is 12.3. The van der Waals surface area contributed by atoms with Crippen molar-refractivity contribution in [1.82, 2.24) is 10.6 Å². The number of carbonyl (C=O) groups is 1. The zero-order valence-corrected chi connectivity index (χ0v) is 11.7. The van der Waals surface area contributed by atoms with Crippen molar-refractivity contribution < 1.29 is 9.53 Å². The molecule has 1 saturated carbocycles. The summed E-state index contributed by atoms with van der Waals surface area (Å²) in [7, 11) is 1.60. The summed E-state index contributed by atoms with van der Waals surface area (Å²) in [5.41, 5.74) is 0.648.